The van der Waals surface area contributed by atoms with Gasteiger partial charge in [-0.25, -0.2) is 32.3 Å². The molecule has 2 amide bonds. The van der Waals surface area contributed by atoms with Crippen molar-refractivity contribution in [2.45, 2.75) is 4.90 Å². The molecule has 8 nitrogen and oxygen atoms in total. The van der Waals surface area contributed by atoms with Crippen LogP contribution in [0.2, 0.25) is 10.0 Å². The van der Waals surface area contributed by atoms with E-state index in [1.165, 1.54) is 48.7 Å². The van der Waals surface area contributed by atoms with E-state index in [9.17, 15) is 17.6 Å². The molecule has 37 heavy (non-hydrogen) atoms. The number of rotatable bonds is 7. The lowest BCUT2D eigenvalue weighted by Crippen LogP contribution is -2.19. The lowest BCUT2D eigenvalue weighted by molar-refractivity contribution is 0.262. The monoisotopic (exact) mass is 557 g/mol. The second kappa shape index (κ2) is 11.4. The van der Waals surface area contributed by atoms with Gasteiger partial charge in [-0.3, -0.25) is 0 Å². The van der Waals surface area contributed by atoms with Crippen LogP contribution in [0.5, 0.6) is 0 Å². The number of nitrogens with one attached hydrogen (secondary N) is 3. The van der Waals surface area contributed by atoms with Gasteiger partial charge in [-0.2, -0.15) is 0 Å². The van der Waals surface area contributed by atoms with Crippen LogP contribution in [-0.2, 0) is 10.0 Å². The lowest BCUT2D eigenvalue weighted by Gasteiger charge is -2.10. The summed E-state index contributed by atoms with van der Waals surface area (Å²) in [5.74, 6) is -0.544. The van der Waals surface area contributed by atoms with E-state index in [1.807, 2.05) is 0 Å². The zero-order valence-corrected chi connectivity index (χ0v) is 21.1. The van der Waals surface area contributed by atoms with Gasteiger partial charge in [0.2, 0.25) is 5.95 Å². The van der Waals surface area contributed by atoms with E-state index in [4.69, 9.17) is 23.2 Å². The number of amides is 2. The smallest absolute Gasteiger partial charge is 0.308 e. The van der Waals surface area contributed by atoms with E-state index in [-0.39, 0.29) is 15.9 Å². The molecule has 0 spiro atoms. The maximum Gasteiger partial charge on any atom is 0.323 e. The predicted molar refractivity (Wildman–Crippen MR) is 144 cm³/mol. The quantitative estimate of drug-likeness (QED) is 0.239. The minimum atomic E-state index is -4.02. The van der Waals surface area contributed by atoms with Gasteiger partial charge in [-0.1, -0.05) is 41.4 Å². The minimum absolute atomic E-state index is 0.0705. The summed E-state index contributed by atoms with van der Waals surface area (Å²) in [6.07, 6.45) is 4.45. The van der Waals surface area contributed by atoms with Crippen molar-refractivity contribution in [3.05, 3.63) is 106 Å². The maximum atomic E-state index is 13.8. The molecular formula is C25H18Cl2FN5O3S. The van der Waals surface area contributed by atoms with Crippen molar-refractivity contribution in [3.63, 3.8) is 0 Å². The molecule has 0 radical (unpaired) electrons. The number of carbonyl (C=O) groups excluding carboxylic acids is 1. The third kappa shape index (κ3) is 7.04. The van der Waals surface area contributed by atoms with Crippen LogP contribution in [0.15, 0.2) is 83.9 Å². The summed E-state index contributed by atoms with van der Waals surface area (Å²) < 4.78 is 41.7. The summed E-state index contributed by atoms with van der Waals surface area (Å²) in [6.45, 7) is 0. The molecule has 188 valence electrons. The van der Waals surface area contributed by atoms with Crippen LogP contribution in [0.4, 0.5) is 26.5 Å². The zero-order chi connectivity index (χ0) is 26.4. The number of carbonyl (C=O) groups is 1. The average molecular weight is 558 g/mol. The third-order valence-corrected chi connectivity index (χ3v) is 6.92. The number of anilines is 3. The Bertz CT molecular complexity index is 1580. The Morgan fingerprint density at radius 2 is 1.57 bits per heavy atom. The molecule has 0 fully saturated rings. The van der Waals surface area contributed by atoms with Gasteiger partial charge < -0.3 is 10.6 Å². The molecule has 0 aliphatic rings. The minimum Gasteiger partial charge on any atom is -0.308 e. The van der Waals surface area contributed by atoms with E-state index < -0.39 is 21.9 Å². The number of halogens is 3. The van der Waals surface area contributed by atoms with Crippen LogP contribution in [-0.4, -0.2) is 24.4 Å². The van der Waals surface area contributed by atoms with Gasteiger partial charge in [-0.05, 0) is 66.7 Å². The van der Waals surface area contributed by atoms with Crippen molar-refractivity contribution in [1.29, 1.82) is 0 Å². The zero-order valence-electron chi connectivity index (χ0n) is 18.8. The molecule has 0 aliphatic carbocycles. The van der Waals surface area contributed by atoms with E-state index in [1.54, 1.807) is 42.5 Å². The Kier molecular flexibility index (Phi) is 8.02. The molecule has 0 bridgehead atoms. The Hall–Kier alpha value is -3.99. The van der Waals surface area contributed by atoms with E-state index in [2.05, 4.69) is 25.3 Å². The molecule has 0 unspecified atom stereocenters. The normalized spacial score (nSPS) is 11.3. The van der Waals surface area contributed by atoms with Gasteiger partial charge in [0, 0.05) is 23.1 Å². The second-order valence-corrected chi connectivity index (χ2v) is 9.99. The van der Waals surface area contributed by atoms with Crippen molar-refractivity contribution in [2.75, 3.05) is 15.4 Å². The Morgan fingerprint density at radius 3 is 2.30 bits per heavy atom. The van der Waals surface area contributed by atoms with Crippen LogP contribution >= 0.6 is 23.2 Å². The predicted octanol–water partition coefficient (Wildman–Crippen LogP) is 6.54. The van der Waals surface area contributed by atoms with Crippen molar-refractivity contribution in [1.82, 2.24) is 9.97 Å². The summed E-state index contributed by atoms with van der Waals surface area (Å²) in [7, 11) is -4.02. The van der Waals surface area contributed by atoms with Crippen LogP contribution < -0.4 is 15.4 Å². The molecular weight excluding hydrogens is 540 g/mol. The Balaban J connectivity index is 1.40. The molecule has 0 atom stereocenters. The fraction of sp³-hybridized carbons (Fsp3) is 0. The van der Waals surface area contributed by atoms with Crippen LogP contribution in [0.25, 0.3) is 12.2 Å². The highest BCUT2D eigenvalue weighted by Crippen LogP contribution is 2.25. The van der Waals surface area contributed by atoms with Gasteiger partial charge in [0.25, 0.3) is 10.0 Å². The fourth-order valence-corrected chi connectivity index (χ4v) is 4.31. The number of benzene rings is 3. The van der Waals surface area contributed by atoms with E-state index in [0.717, 1.165) is 0 Å². The first kappa shape index (κ1) is 26.1. The van der Waals surface area contributed by atoms with Crippen molar-refractivity contribution in [3.8, 4) is 0 Å². The van der Waals surface area contributed by atoms with Crippen molar-refractivity contribution < 1.29 is 17.6 Å². The second-order valence-electron chi connectivity index (χ2n) is 7.50. The first-order valence-corrected chi connectivity index (χ1v) is 12.9. The molecule has 1 heterocycles. The molecule has 4 rings (SSSR count). The largest absolute Gasteiger partial charge is 0.323 e. The van der Waals surface area contributed by atoms with Gasteiger partial charge >= 0.3 is 6.03 Å². The van der Waals surface area contributed by atoms with Gasteiger partial charge in [0.1, 0.15) is 5.82 Å². The number of nitrogens with zero attached hydrogens (tertiary/aromatic N) is 2. The van der Waals surface area contributed by atoms with Crippen LogP contribution in [0.3, 0.4) is 0 Å². The number of hydrogen-bond donors (Lipinski definition) is 3. The molecule has 4 aromatic rings. The summed E-state index contributed by atoms with van der Waals surface area (Å²) in [5, 5.41) is 5.83. The summed E-state index contributed by atoms with van der Waals surface area (Å²) >= 11 is 11.8. The topological polar surface area (TPSA) is 113 Å². The van der Waals surface area contributed by atoms with Gasteiger partial charge in [0.15, 0.2) is 0 Å². The Morgan fingerprint density at radius 1 is 0.865 bits per heavy atom. The summed E-state index contributed by atoms with van der Waals surface area (Å²) in [4.78, 5) is 20.2. The molecule has 0 saturated carbocycles. The number of hydrogen-bond acceptors (Lipinski definition) is 5. The molecule has 0 saturated heterocycles. The standard InChI is InChI=1S/C25H18Cl2FN5O3S/c26-21-12-9-19(15-22(21)27)32-25(34)31-17-7-10-20(11-8-17)37(35,36)33-24-29-14-13-18(30-24)6-5-16-3-1-2-4-23(16)28/h1-15H,(H,29,30,33)(H2,31,32,34)/b6-5+. The third-order valence-electron chi connectivity index (χ3n) is 4.84. The molecule has 0 aliphatic heterocycles. The number of urea groups is 1. The van der Waals surface area contributed by atoms with E-state index in [0.29, 0.717) is 27.7 Å². The molecule has 3 N–H and O–H groups in total. The highest BCUT2D eigenvalue weighted by atomic mass is 35.5. The number of sulfonamides is 1. The first-order chi connectivity index (χ1) is 17.7. The fourth-order valence-electron chi connectivity index (χ4n) is 3.06. The van der Waals surface area contributed by atoms with Crippen molar-refractivity contribution in [2.24, 2.45) is 0 Å². The molecule has 12 heteroatoms. The lowest BCUT2D eigenvalue weighted by atomic mass is 10.2. The summed E-state index contributed by atoms with van der Waals surface area (Å²) in [5.41, 5.74) is 1.53. The molecule has 3 aromatic carbocycles. The van der Waals surface area contributed by atoms with Crippen LogP contribution in [0, 0.1) is 5.82 Å². The highest BCUT2D eigenvalue weighted by Gasteiger charge is 2.16. The number of aromatic nitrogens is 2. The molecule has 1 aromatic heterocycles. The van der Waals surface area contributed by atoms with Crippen LogP contribution in [0.1, 0.15) is 11.3 Å². The Labute approximate surface area is 222 Å². The summed E-state index contributed by atoms with van der Waals surface area (Å²) in [6, 6.07) is 17.3. The van der Waals surface area contributed by atoms with Gasteiger partial charge in [0.05, 0.1) is 20.6 Å². The SMILES string of the molecule is O=C(Nc1ccc(S(=O)(=O)Nc2nccc(/C=C/c3ccccc3F)n2)cc1)Nc1ccc(Cl)c(Cl)c1. The van der Waals surface area contributed by atoms with Gasteiger partial charge in [-0.15, -0.1) is 0 Å². The average Bonchev–Trinajstić information content (AvgIpc) is 2.86. The first-order valence-electron chi connectivity index (χ1n) is 10.6. The highest BCUT2D eigenvalue weighted by molar-refractivity contribution is 7.92. The van der Waals surface area contributed by atoms with E-state index >= 15 is 0 Å². The maximum absolute atomic E-state index is 13.8. The van der Waals surface area contributed by atoms with Crippen molar-refractivity contribution >= 4 is 68.7 Å².